The van der Waals surface area contributed by atoms with Crippen LogP contribution >= 0.6 is 0 Å². The Hall–Kier alpha value is -0.130. The second-order valence-electron chi connectivity index (χ2n) is 5.76. The van der Waals surface area contributed by atoms with Crippen LogP contribution in [-0.2, 0) is 10.0 Å². The largest absolute Gasteiger partial charge is 0.315 e. The number of rotatable bonds is 5. The fourth-order valence-corrected chi connectivity index (χ4v) is 4.86. The van der Waals surface area contributed by atoms with Crippen molar-refractivity contribution in [1.29, 1.82) is 0 Å². The normalized spacial score (nSPS) is 30.8. The van der Waals surface area contributed by atoms with Crippen LogP contribution in [0.4, 0.5) is 0 Å². The lowest BCUT2D eigenvalue weighted by molar-refractivity contribution is 0.372. The number of nitrogens with one attached hydrogen (secondary N) is 1. The van der Waals surface area contributed by atoms with Gasteiger partial charge in [-0.3, -0.25) is 0 Å². The van der Waals surface area contributed by atoms with Gasteiger partial charge < -0.3 is 5.32 Å². The minimum Gasteiger partial charge on any atom is -0.315 e. The van der Waals surface area contributed by atoms with Crippen LogP contribution in [0.5, 0.6) is 0 Å². The van der Waals surface area contributed by atoms with E-state index in [9.17, 15) is 8.42 Å². The average molecular weight is 258 g/mol. The van der Waals surface area contributed by atoms with Crippen LogP contribution in [0.15, 0.2) is 0 Å². The fraction of sp³-hybridized carbons (Fsp3) is 1.00. The van der Waals surface area contributed by atoms with E-state index in [1.54, 1.807) is 0 Å². The molecule has 1 atom stereocenters. The molecule has 4 nitrogen and oxygen atoms in total. The molecule has 2 saturated carbocycles. The summed E-state index contributed by atoms with van der Waals surface area (Å²) in [6.07, 6.45) is 6.43. The van der Waals surface area contributed by atoms with Gasteiger partial charge in [0.05, 0.1) is 5.25 Å². The molecule has 0 spiro atoms. The third-order valence-corrected chi connectivity index (χ3v) is 6.43. The summed E-state index contributed by atoms with van der Waals surface area (Å²) in [5, 5.41) is 3.05. The predicted molar refractivity (Wildman–Crippen MR) is 67.3 cm³/mol. The zero-order valence-electron chi connectivity index (χ0n) is 10.3. The van der Waals surface area contributed by atoms with E-state index in [2.05, 4.69) is 5.32 Å². The van der Waals surface area contributed by atoms with Crippen molar-refractivity contribution in [3.63, 3.8) is 0 Å². The first-order valence-electron chi connectivity index (χ1n) is 6.89. The van der Waals surface area contributed by atoms with Gasteiger partial charge in [0.2, 0.25) is 10.0 Å². The zero-order chi connectivity index (χ0) is 11.9. The van der Waals surface area contributed by atoms with Crippen molar-refractivity contribution in [2.24, 2.45) is 5.92 Å². The van der Waals surface area contributed by atoms with Gasteiger partial charge in [-0.2, -0.15) is 4.31 Å². The van der Waals surface area contributed by atoms with Crippen LogP contribution in [0, 0.1) is 5.92 Å². The highest BCUT2D eigenvalue weighted by Gasteiger charge is 2.43. The van der Waals surface area contributed by atoms with Crippen molar-refractivity contribution in [2.45, 2.75) is 49.8 Å². The third kappa shape index (κ3) is 2.66. The number of hydrogen-bond donors (Lipinski definition) is 1. The quantitative estimate of drug-likeness (QED) is 0.798. The lowest BCUT2D eigenvalue weighted by atomic mass is 10.2. The highest BCUT2D eigenvalue weighted by Crippen LogP contribution is 2.37. The molecule has 1 unspecified atom stereocenters. The Labute approximate surface area is 104 Å². The summed E-state index contributed by atoms with van der Waals surface area (Å²) in [6.45, 7) is 2.41. The maximum absolute atomic E-state index is 12.6. The average Bonchev–Trinajstić information content (AvgIpc) is 3.19. The van der Waals surface area contributed by atoms with Crippen LogP contribution in [0.2, 0.25) is 0 Å². The predicted octanol–water partition coefficient (Wildman–Crippen LogP) is 0.943. The minimum absolute atomic E-state index is 0.171. The van der Waals surface area contributed by atoms with Crippen molar-refractivity contribution in [1.82, 2.24) is 9.62 Å². The summed E-state index contributed by atoms with van der Waals surface area (Å²) in [5.41, 5.74) is 0. The third-order valence-electron chi connectivity index (χ3n) is 4.09. The minimum atomic E-state index is -3.05. The SMILES string of the molecule is O=S(=O)(C1CCCNC1)N(CC1CC1)C1CC1. The highest BCUT2D eigenvalue weighted by molar-refractivity contribution is 7.89. The Morgan fingerprint density at radius 2 is 1.88 bits per heavy atom. The molecular weight excluding hydrogens is 236 g/mol. The Kier molecular flexibility index (Phi) is 3.17. The molecule has 0 amide bonds. The molecule has 3 fully saturated rings. The van der Waals surface area contributed by atoms with Crippen LogP contribution in [0.1, 0.15) is 38.5 Å². The van der Waals surface area contributed by atoms with Gasteiger partial charge in [-0.25, -0.2) is 8.42 Å². The van der Waals surface area contributed by atoms with Gasteiger partial charge in [-0.15, -0.1) is 0 Å². The van der Waals surface area contributed by atoms with Crippen LogP contribution in [0.3, 0.4) is 0 Å². The second-order valence-corrected chi connectivity index (χ2v) is 7.92. The van der Waals surface area contributed by atoms with E-state index < -0.39 is 10.0 Å². The molecule has 98 valence electrons. The second kappa shape index (κ2) is 4.52. The monoisotopic (exact) mass is 258 g/mol. The van der Waals surface area contributed by atoms with Gasteiger partial charge in [0.25, 0.3) is 0 Å². The Morgan fingerprint density at radius 3 is 2.41 bits per heavy atom. The van der Waals surface area contributed by atoms with E-state index in [-0.39, 0.29) is 5.25 Å². The van der Waals surface area contributed by atoms with E-state index >= 15 is 0 Å². The smallest absolute Gasteiger partial charge is 0.218 e. The molecule has 2 aliphatic carbocycles. The molecule has 0 aromatic carbocycles. The molecule has 5 heteroatoms. The first kappa shape index (κ1) is 11.9. The molecule has 0 bridgehead atoms. The summed E-state index contributed by atoms with van der Waals surface area (Å²) < 4.78 is 27.1. The Balaban J connectivity index is 1.72. The van der Waals surface area contributed by atoms with E-state index in [1.165, 1.54) is 12.8 Å². The van der Waals surface area contributed by atoms with E-state index in [1.807, 2.05) is 4.31 Å². The molecular formula is C12H22N2O2S. The van der Waals surface area contributed by atoms with Crippen molar-refractivity contribution in [3.8, 4) is 0 Å². The lowest BCUT2D eigenvalue weighted by Crippen LogP contribution is -2.47. The van der Waals surface area contributed by atoms with Gasteiger partial charge in [0.15, 0.2) is 0 Å². The van der Waals surface area contributed by atoms with Gasteiger partial charge >= 0.3 is 0 Å². The summed E-state index contributed by atoms with van der Waals surface area (Å²) in [4.78, 5) is 0. The van der Waals surface area contributed by atoms with Crippen molar-refractivity contribution < 1.29 is 8.42 Å². The maximum atomic E-state index is 12.6. The molecule has 1 N–H and O–H groups in total. The molecule has 3 aliphatic rings. The summed E-state index contributed by atoms with van der Waals surface area (Å²) in [6, 6.07) is 0.336. The van der Waals surface area contributed by atoms with Crippen molar-refractivity contribution in [2.75, 3.05) is 19.6 Å². The standard InChI is InChI=1S/C12H22N2O2S/c15-17(16,12-2-1-7-13-8-12)14(11-5-6-11)9-10-3-4-10/h10-13H,1-9H2. The molecule has 1 aliphatic heterocycles. The van der Waals surface area contributed by atoms with Crippen LogP contribution < -0.4 is 5.32 Å². The number of hydrogen-bond acceptors (Lipinski definition) is 3. The fourth-order valence-electron chi connectivity index (χ4n) is 2.64. The highest BCUT2D eigenvalue weighted by atomic mass is 32.2. The van der Waals surface area contributed by atoms with E-state index in [0.29, 0.717) is 18.5 Å². The molecule has 1 saturated heterocycles. The topological polar surface area (TPSA) is 49.4 Å². The molecule has 0 radical (unpaired) electrons. The van der Waals surface area contributed by atoms with E-state index in [0.717, 1.165) is 38.8 Å². The Morgan fingerprint density at radius 1 is 1.12 bits per heavy atom. The van der Waals surface area contributed by atoms with Crippen LogP contribution in [0.25, 0.3) is 0 Å². The first-order chi connectivity index (χ1) is 8.18. The van der Waals surface area contributed by atoms with Gasteiger partial charge in [0, 0.05) is 19.1 Å². The van der Waals surface area contributed by atoms with Gasteiger partial charge in [-0.1, -0.05) is 0 Å². The molecule has 17 heavy (non-hydrogen) atoms. The van der Waals surface area contributed by atoms with Crippen LogP contribution in [-0.4, -0.2) is 43.6 Å². The van der Waals surface area contributed by atoms with Gasteiger partial charge in [-0.05, 0) is 51.0 Å². The number of sulfonamides is 1. The molecule has 0 aromatic rings. The summed E-state index contributed by atoms with van der Waals surface area (Å²) >= 11 is 0. The number of nitrogens with zero attached hydrogens (tertiary/aromatic N) is 1. The maximum Gasteiger partial charge on any atom is 0.218 e. The molecule has 0 aromatic heterocycles. The van der Waals surface area contributed by atoms with E-state index in [4.69, 9.17) is 0 Å². The van der Waals surface area contributed by atoms with Gasteiger partial charge in [0.1, 0.15) is 0 Å². The summed E-state index contributed by atoms with van der Waals surface area (Å²) in [5.74, 6) is 0.655. The zero-order valence-corrected chi connectivity index (χ0v) is 11.1. The van der Waals surface area contributed by atoms with Crippen molar-refractivity contribution >= 4 is 10.0 Å². The summed E-state index contributed by atoms with van der Waals surface area (Å²) in [7, 11) is -3.05. The Bertz CT molecular complexity index is 368. The van der Waals surface area contributed by atoms with Crippen molar-refractivity contribution in [3.05, 3.63) is 0 Å². The molecule has 3 rings (SSSR count). The number of piperidine rings is 1. The molecule has 1 heterocycles. The first-order valence-corrected chi connectivity index (χ1v) is 8.39. The lowest BCUT2D eigenvalue weighted by Gasteiger charge is -2.30.